The van der Waals surface area contributed by atoms with Crippen molar-refractivity contribution in [1.82, 2.24) is 4.31 Å². The Morgan fingerprint density at radius 2 is 2.10 bits per heavy atom. The maximum atomic E-state index is 12.9. The van der Waals surface area contributed by atoms with E-state index in [1.165, 1.54) is 17.5 Å². The molecule has 0 atom stereocenters. The van der Waals surface area contributed by atoms with Crippen molar-refractivity contribution >= 4 is 21.6 Å². The van der Waals surface area contributed by atoms with E-state index in [1.54, 1.807) is 6.07 Å². The van der Waals surface area contributed by atoms with Gasteiger partial charge < -0.3 is 10.5 Å². The number of benzene rings is 1. The molecule has 5 nitrogen and oxygen atoms in total. The van der Waals surface area contributed by atoms with E-state index in [0.29, 0.717) is 29.6 Å². The van der Waals surface area contributed by atoms with Gasteiger partial charge in [-0.25, -0.2) is 8.42 Å². The minimum absolute atomic E-state index is 0.0976. The number of methoxy groups -OCH3 is 1. The summed E-state index contributed by atoms with van der Waals surface area (Å²) in [7, 11) is -2.19. The van der Waals surface area contributed by atoms with E-state index in [-0.39, 0.29) is 17.2 Å². The summed E-state index contributed by atoms with van der Waals surface area (Å²) in [6, 6.07) is 3.07. The van der Waals surface area contributed by atoms with Crippen LogP contribution in [0, 0.1) is 5.92 Å². The van der Waals surface area contributed by atoms with Crippen molar-refractivity contribution in [3.05, 3.63) is 22.7 Å². The second-order valence-electron chi connectivity index (χ2n) is 5.20. The molecular weight excluding hydrogens is 312 g/mol. The van der Waals surface area contributed by atoms with Gasteiger partial charge >= 0.3 is 0 Å². The predicted molar refractivity (Wildman–Crippen MR) is 83.1 cm³/mol. The van der Waals surface area contributed by atoms with Crippen molar-refractivity contribution < 1.29 is 13.2 Å². The molecule has 21 heavy (non-hydrogen) atoms. The first-order chi connectivity index (χ1) is 9.93. The van der Waals surface area contributed by atoms with Crippen LogP contribution in [0.3, 0.4) is 0 Å². The Bertz CT molecular complexity index is 615. The molecule has 1 aliphatic rings. The van der Waals surface area contributed by atoms with Gasteiger partial charge in [0.1, 0.15) is 10.6 Å². The highest BCUT2D eigenvalue weighted by Gasteiger charge is 2.33. The van der Waals surface area contributed by atoms with Crippen molar-refractivity contribution in [3.63, 3.8) is 0 Å². The Balaban J connectivity index is 2.49. The van der Waals surface area contributed by atoms with Crippen molar-refractivity contribution in [2.75, 3.05) is 20.2 Å². The summed E-state index contributed by atoms with van der Waals surface area (Å²) in [5, 5.41) is 0.345. The maximum Gasteiger partial charge on any atom is 0.246 e. The second kappa shape index (κ2) is 6.52. The molecule has 0 bridgehead atoms. The highest BCUT2D eigenvalue weighted by Crippen LogP contribution is 2.36. The third kappa shape index (κ3) is 3.51. The average molecular weight is 333 g/mol. The zero-order valence-corrected chi connectivity index (χ0v) is 13.9. The van der Waals surface area contributed by atoms with Crippen molar-refractivity contribution in [3.8, 4) is 5.75 Å². The van der Waals surface area contributed by atoms with Crippen LogP contribution in [0.15, 0.2) is 17.0 Å². The van der Waals surface area contributed by atoms with E-state index in [1.807, 2.05) is 6.92 Å². The average Bonchev–Trinajstić information content (AvgIpc) is 3.27. The summed E-state index contributed by atoms with van der Waals surface area (Å²) in [5.74, 6) is 0.759. The van der Waals surface area contributed by atoms with Gasteiger partial charge in [-0.3, -0.25) is 0 Å². The fraction of sp³-hybridized carbons (Fsp3) is 0.571. The van der Waals surface area contributed by atoms with E-state index in [4.69, 9.17) is 22.1 Å². The third-order valence-corrected chi connectivity index (χ3v) is 5.81. The maximum absolute atomic E-state index is 12.9. The van der Waals surface area contributed by atoms with E-state index >= 15 is 0 Å². The van der Waals surface area contributed by atoms with Gasteiger partial charge in [0.15, 0.2) is 0 Å². The molecule has 2 N–H and O–H groups in total. The number of hydrogen-bond acceptors (Lipinski definition) is 4. The number of halogens is 1. The second-order valence-corrected chi connectivity index (χ2v) is 7.54. The summed E-state index contributed by atoms with van der Waals surface area (Å²) in [6.07, 6.45) is 2.18. The van der Waals surface area contributed by atoms with Crippen LogP contribution in [-0.2, 0) is 16.6 Å². The van der Waals surface area contributed by atoms with Gasteiger partial charge in [0.05, 0.1) is 7.11 Å². The topological polar surface area (TPSA) is 72.6 Å². The lowest BCUT2D eigenvalue weighted by molar-refractivity contribution is 0.385. The van der Waals surface area contributed by atoms with E-state index in [2.05, 4.69) is 0 Å². The molecule has 2 rings (SSSR count). The van der Waals surface area contributed by atoms with Gasteiger partial charge in [-0.2, -0.15) is 4.31 Å². The SMILES string of the molecule is CCN(CC1CC1)S(=O)(=O)c1cc(Cl)cc(CN)c1OC. The van der Waals surface area contributed by atoms with Gasteiger partial charge in [0.25, 0.3) is 0 Å². The molecule has 118 valence electrons. The molecule has 1 fully saturated rings. The van der Waals surface area contributed by atoms with Gasteiger partial charge in [0, 0.05) is 30.2 Å². The Labute approximate surface area is 131 Å². The van der Waals surface area contributed by atoms with Gasteiger partial charge in [0.2, 0.25) is 10.0 Å². The minimum atomic E-state index is -3.64. The molecule has 0 aromatic heterocycles. The molecule has 0 aliphatic heterocycles. The zero-order valence-electron chi connectivity index (χ0n) is 12.3. The Morgan fingerprint density at radius 1 is 1.43 bits per heavy atom. The molecular formula is C14H21ClN2O3S. The fourth-order valence-electron chi connectivity index (χ4n) is 2.32. The standard InChI is InChI=1S/C14H21ClN2O3S/c1-3-17(9-10-4-5-10)21(18,19)13-7-12(15)6-11(8-16)14(13)20-2/h6-7,10H,3-5,8-9,16H2,1-2H3. The predicted octanol–water partition coefficient (Wildman–Crippen LogP) is 2.23. The summed E-state index contributed by atoms with van der Waals surface area (Å²) in [4.78, 5) is 0.0976. The van der Waals surface area contributed by atoms with Crippen LogP contribution >= 0.6 is 11.6 Å². The third-order valence-electron chi connectivity index (χ3n) is 3.65. The first kappa shape index (κ1) is 16.5. The minimum Gasteiger partial charge on any atom is -0.495 e. The molecule has 1 aromatic rings. The molecule has 0 unspecified atom stereocenters. The lowest BCUT2D eigenvalue weighted by Crippen LogP contribution is -2.33. The zero-order chi connectivity index (χ0) is 15.6. The molecule has 7 heteroatoms. The van der Waals surface area contributed by atoms with Crippen LogP contribution in [0.5, 0.6) is 5.75 Å². The van der Waals surface area contributed by atoms with E-state index < -0.39 is 10.0 Å². The van der Waals surface area contributed by atoms with Crippen molar-refractivity contribution in [2.24, 2.45) is 11.7 Å². The van der Waals surface area contributed by atoms with Gasteiger partial charge in [-0.15, -0.1) is 0 Å². The smallest absolute Gasteiger partial charge is 0.246 e. The Kier molecular flexibility index (Phi) is 5.14. The lowest BCUT2D eigenvalue weighted by Gasteiger charge is -2.22. The summed E-state index contributed by atoms with van der Waals surface area (Å²) in [6.45, 7) is 2.97. The Morgan fingerprint density at radius 3 is 2.57 bits per heavy atom. The van der Waals surface area contributed by atoms with Crippen LogP contribution < -0.4 is 10.5 Å². The highest BCUT2D eigenvalue weighted by molar-refractivity contribution is 7.89. The number of nitrogens with zero attached hydrogens (tertiary/aromatic N) is 1. The Hall–Kier alpha value is -0.820. The summed E-state index contributed by atoms with van der Waals surface area (Å²) < 4.78 is 32.5. The van der Waals surface area contributed by atoms with Gasteiger partial charge in [-0.05, 0) is 30.9 Å². The molecule has 1 aromatic carbocycles. The number of ether oxygens (including phenoxy) is 1. The number of rotatable bonds is 7. The number of sulfonamides is 1. The van der Waals surface area contributed by atoms with Gasteiger partial charge in [-0.1, -0.05) is 18.5 Å². The summed E-state index contributed by atoms with van der Waals surface area (Å²) in [5.41, 5.74) is 6.25. The molecule has 1 saturated carbocycles. The van der Waals surface area contributed by atoms with Crippen LogP contribution in [0.4, 0.5) is 0 Å². The van der Waals surface area contributed by atoms with E-state index in [0.717, 1.165) is 12.8 Å². The first-order valence-electron chi connectivity index (χ1n) is 7.00. The highest BCUT2D eigenvalue weighted by atomic mass is 35.5. The van der Waals surface area contributed by atoms with Crippen molar-refractivity contribution in [2.45, 2.75) is 31.2 Å². The van der Waals surface area contributed by atoms with Crippen LogP contribution in [0.25, 0.3) is 0 Å². The van der Waals surface area contributed by atoms with Crippen molar-refractivity contribution in [1.29, 1.82) is 0 Å². The molecule has 0 heterocycles. The summed E-state index contributed by atoms with van der Waals surface area (Å²) >= 11 is 6.04. The lowest BCUT2D eigenvalue weighted by atomic mass is 10.2. The molecule has 0 amide bonds. The van der Waals surface area contributed by atoms with Crippen LogP contribution in [-0.4, -0.2) is 32.9 Å². The number of nitrogens with two attached hydrogens (primary N) is 1. The first-order valence-corrected chi connectivity index (χ1v) is 8.82. The normalized spacial score (nSPS) is 15.5. The molecule has 0 saturated heterocycles. The van der Waals surface area contributed by atoms with Crippen LogP contribution in [0.2, 0.25) is 5.02 Å². The molecule has 0 spiro atoms. The number of hydrogen-bond donors (Lipinski definition) is 1. The monoisotopic (exact) mass is 332 g/mol. The fourth-order valence-corrected chi connectivity index (χ4v) is 4.38. The largest absolute Gasteiger partial charge is 0.495 e. The molecule has 1 aliphatic carbocycles. The van der Waals surface area contributed by atoms with E-state index in [9.17, 15) is 8.42 Å². The molecule has 0 radical (unpaired) electrons. The quantitative estimate of drug-likeness (QED) is 0.831. The van der Waals surface area contributed by atoms with Crippen LogP contribution in [0.1, 0.15) is 25.3 Å².